The third kappa shape index (κ3) is 3.19. The lowest BCUT2D eigenvalue weighted by molar-refractivity contribution is -0.0837. The van der Waals surface area contributed by atoms with Crippen molar-refractivity contribution >= 4 is 0 Å². The quantitative estimate of drug-likeness (QED) is 0.641. The van der Waals surface area contributed by atoms with Crippen LogP contribution in [0.3, 0.4) is 0 Å². The predicted molar refractivity (Wildman–Crippen MR) is 68.0 cm³/mol. The van der Waals surface area contributed by atoms with Crippen LogP contribution in [0.1, 0.15) is 25.7 Å². The zero-order valence-electron chi connectivity index (χ0n) is 11.2. The van der Waals surface area contributed by atoms with Crippen molar-refractivity contribution in [2.24, 2.45) is 11.7 Å². The van der Waals surface area contributed by atoms with Crippen molar-refractivity contribution in [3.8, 4) is 0 Å². The summed E-state index contributed by atoms with van der Waals surface area (Å²) < 4.78 is 11.0. The van der Waals surface area contributed by atoms with Crippen molar-refractivity contribution in [3.63, 3.8) is 0 Å². The van der Waals surface area contributed by atoms with E-state index in [2.05, 4.69) is 11.9 Å². The van der Waals surface area contributed by atoms with Gasteiger partial charge in [-0.1, -0.05) is 0 Å². The average Bonchev–Trinajstić information content (AvgIpc) is 3.08. The standard InChI is InChI=1S/C13H26N2O2/c1-15(5-6-17-9-11-3-4-11)13(10-14)7-12(8-13)16-2/h11-12H,3-10,14H2,1-2H3. The highest BCUT2D eigenvalue weighted by atomic mass is 16.5. The van der Waals surface area contributed by atoms with Gasteiger partial charge in [0.2, 0.25) is 0 Å². The molecule has 0 aliphatic heterocycles. The SMILES string of the molecule is COC1CC(CN)(N(C)CCOCC2CC2)C1. The molecule has 2 aliphatic rings. The highest BCUT2D eigenvalue weighted by molar-refractivity contribution is 5.03. The first-order valence-corrected chi connectivity index (χ1v) is 6.72. The second kappa shape index (κ2) is 5.65. The summed E-state index contributed by atoms with van der Waals surface area (Å²) in [5, 5.41) is 0. The summed E-state index contributed by atoms with van der Waals surface area (Å²) in [5.41, 5.74) is 6.07. The van der Waals surface area contributed by atoms with Gasteiger partial charge in [0.05, 0.1) is 12.7 Å². The second-order valence-corrected chi connectivity index (χ2v) is 5.63. The molecule has 0 heterocycles. The monoisotopic (exact) mass is 242 g/mol. The van der Waals surface area contributed by atoms with Gasteiger partial charge in [-0.05, 0) is 38.6 Å². The molecule has 0 aromatic rings. The Morgan fingerprint density at radius 3 is 2.59 bits per heavy atom. The molecular formula is C13H26N2O2. The molecule has 4 nitrogen and oxygen atoms in total. The Kier molecular flexibility index (Phi) is 4.42. The van der Waals surface area contributed by atoms with Crippen LogP contribution < -0.4 is 5.73 Å². The van der Waals surface area contributed by atoms with E-state index in [1.807, 2.05) is 0 Å². The Morgan fingerprint density at radius 1 is 1.35 bits per heavy atom. The molecule has 0 aromatic carbocycles. The van der Waals surface area contributed by atoms with Crippen LogP contribution in [0.2, 0.25) is 0 Å². The van der Waals surface area contributed by atoms with E-state index in [-0.39, 0.29) is 5.54 Å². The number of likely N-dealkylation sites (N-methyl/N-ethyl adjacent to an activating group) is 1. The first-order valence-electron chi connectivity index (χ1n) is 6.72. The van der Waals surface area contributed by atoms with Crippen molar-refractivity contribution < 1.29 is 9.47 Å². The van der Waals surface area contributed by atoms with Crippen molar-refractivity contribution in [1.82, 2.24) is 4.90 Å². The number of hydrogen-bond donors (Lipinski definition) is 1. The predicted octanol–water partition coefficient (Wildman–Crippen LogP) is 0.851. The molecule has 100 valence electrons. The lowest BCUT2D eigenvalue weighted by Gasteiger charge is -2.52. The Balaban J connectivity index is 1.64. The van der Waals surface area contributed by atoms with Gasteiger partial charge in [-0.15, -0.1) is 0 Å². The summed E-state index contributed by atoms with van der Waals surface area (Å²) >= 11 is 0. The molecular weight excluding hydrogens is 216 g/mol. The maximum Gasteiger partial charge on any atom is 0.0607 e. The van der Waals surface area contributed by atoms with Crippen LogP contribution in [0.5, 0.6) is 0 Å². The molecule has 2 aliphatic carbocycles. The van der Waals surface area contributed by atoms with Gasteiger partial charge >= 0.3 is 0 Å². The molecule has 17 heavy (non-hydrogen) atoms. The van der Waals surface area contributed by atoms with Crippen molar-refractivity contribution in [2.45, 2.75) is 37.3 Å². The molecule has 2 saturated carbocycles. The fraction of sp³-hybridized carbons (Fsp3) is 1.00. The van der Waals surface area contributed by atoms with Crippen LogP contribution >= 0.6 is 0 Å². The molecule has 4 heteroatoms. The van der Waals surface area contributed by atoms with Gasteiger partial charge in [0, 0.05) is 32.3 Å². The maximum absolute atomic E-state index is 5.91. The Labute approximate surface area is 104 Å². The minimum atomic E-state index is 0.156. The van der Waals surface area contributed by atoms with E-state index >= 15 is 0 Å². The van der Waals surface area contributed by atoms with E-state index in [4.69, 9.17) is 15.2 Å². The average molecular weight is 242 g/mol. The third-order valence-corrected chi connectivity index (χ3v) is 4.36. The number of hydrogen-bond acceptors (Lipinski definition) is 4. The Hall–Kier alpha value is -0.160. The van der Waals surface area contributed by atoms with Crippen molar-refractivity contribution in [3.05, 3.63) is 0 Å². The summed E-state index contributed by atoms with van der Waals surface area (Å²) in [6, 6.07) is 0. The normalized spacial score (nSPS) is 32.8. The molecule has 0 spiro atoms. The molecule has 0 aromatic heterocycles. The van der Waals surface area contributed by atoms with Gasteiger partial charge in [0.15, 0.2) is 0 Å². The number of nitrogens with zero attached hydrogens (tertiary/aromatic N) is 1. The Morgan fingerprint density at radius 2 is 2.06 bits per heavy atom. The smallest absolute Gasteiger partial charge is 0.0607 e. The summed E-state index contributed by atoms with van der Waals surface area (Å²) in [4.78, 5) is 2.36. The zero-order chi connectivity index (χ0) is 12.3. The highest BCUT2D eigenvalue weighted by Crippen LogP contribution is 2.37. The van der Waals surface area contributed by atoms with Gasteiger partial charge in [0.25, 0.3) is 0 Å². The van der Waals surface area contributed by atoms with E-state index in [9.17, 15) is 0 Å². The molecule has 2 rings (SSSR count). The van der Waals surface area contributed by atoms with Crippen LogP contribution in [0.15, 0.2) is 0 Å². The maximum atomic E-state index is 5.91. The van der Waals surface area contributed by atoms with E-state index in [1.54, 1.807) is 7.11 Å². The summed E-state index contributed by atoms with van der Waals surface area (Å²) in [6.45, 7) is 3.46. The summed E-state index contributed by atoms with van der Waals surface area (Å²) in [7, 11) is 3.93. The van der Waals surface area contributed by atoms with E-state index < -0.39 is 0 Å². The topological polar surface area (TPSA) is 47.7 Å². The van der Waals surface area contributed by atoms with Gasteiger partial charge in [0.1, 0.15) is 0 Å². The fourth-order valence-corrected chi connectivity index (χ4v) is 2.56. The number of nitrogens with two attached hydrogens (primary N) is 1. The number of methoxy groups -OCH3 is 1. The van der Waals surface area contributed by atoms with Crippen LogP contribution in [0, 0.1) is 5.92 Å². The molecule has 0 unspecified atom stereocenters. The molecule has 0 atom stereocenters. The van der Waals surface area contributed by atoms with Gasteiger partial charge in [-0.2, -0.15) is 0 Å². The Bertz CT molecular complexity index is 238. The molecule has 0 radical (unpaired) electrons. The highest BCUT2D eigenvalue weighted by Gasteiger charge is 2.46. The second-order valence-electron chi connectivity index (χ2n) is 5.63. The number of ether oxygens (including phenoxy) is 2. The third-order valence-electron chi connectivity index (χ3n) is 4.36. The van der Waals surface area contributed by atoms with Crippen LogP contribution in [0.4, 0.5) is 0 Å². The minimum absolute atomic E-state index is 0.156. The van der Waals surface area contributed by atoms with Gasteiger partial charge in [-0.3, -0.25) is 4.90 Å². The van der Waals surface area contributed by atoms with E-state index in [1.165, 1.54) is 12.8 Å². The lowest BCUT2D eigenvalue weighted by Crippen LogP contribution is -2.63. The van der Waals surface area contributed by atoms with Gasteiger partial charge < -0.3 is 15.2 Å². The summed E-state index contributed by atoms with van der Waals surface area (Å²) in [6.07, 6.45) is 5.22. The lowest BCUT2D eigenvalue weighted by atomic mass is 9.73. The molecule has 2 N–H and O–H groups in total. The largest absolute Gasteiger partial charge is 0.381 e. The van der Waals surface area contributed by atoms with E-state index in [0.29, 0.717) is 12.6 Å². The molecule has 0 bridgehead atoms. The first kappa shape index (κ1) is 13.3. The van der Waals surface area contributed by atoms with Crippen molar-refractivity contribution in [1.29, 1.82) is 0 Å². The number of rotatable bonds is 8. The van der Waals surface area contributed by atoms with E-state index in [0.717, 1.165) is 38.5 Å². The van der Waals surface area contributed by atoms with Crippen LogP contribution in [-0.4, -0.2) is 57.0 Å². The minimum Gasteiger partial charge on any atom is -0.381 e. The summed E-state index contributed by atoms with van der Waals surface area (Å²) in [5.74, 6) is 0.852. The molecule has 0 saturated heterocycles. The fourth-order valence-electron chi connectivity index (χ4n) is 2.56. The van der Waals surface area contributed by atoms with Crippen molar-refractivity contribution in [2.75, 3.05) is 40.5 Å². The first-order chi connectivity index (χ1) is 8.20. The zero-order valence-corrected chi connectivity index (χ0v) is 11.2. The molecule has 0 amide bonds. The van der Waals surface area contributed by atoms with Gasteiger partial charge in [-0.25, -0.2) is 0 Å². The van der Waals surface area contributed by atoms with Crippen LogP contribution in [-0.2, 0) is 9.47 Å². The van der Waals surface area contributed by atoms with Crippen LogP contribution in [0.25, 0.3) is 0 Å². The molecule has 2 fully saturated rings.